The molecule has 0 N–H and O–H groups in total. The standard InChI is InChI=1S/C22H24N2O5S/c1-3-4-8-11-28-17(25)12-24-14-23-20-18(21(24)26)15(2)19(30-20)22(27)29-13-16-9-6-5-7-10-16/h5-7,9-10,14H,3-4,8,11-13H2,1-2H3. The van der Waals surface area contributed by atoms with E-state index < -0.39 is 11.9 Å². The third-order valence-corrected chi connectivity index (χ3v) is 5.81. The number of nitrogens with zero attached hydrogens (tertiary/aromatic N) is 2. The van der Waals surface area contributed by atoms with Gasteiger partial charge in [-0.05, 0) is 24.5 Å². The second-order valence-corrected chi connectivity index (χ2v) is 7.90. The number of aromatic nitrogens is 2. The smallest absolute Gasteiger partial charge is 0.349 e. The van der Waals surface area contributed by atoms with Gasteiger partial charge in [-0.2, -0.15) is 0 Å². The van der Waals surface area contributed by atoms with E-state index in [0.29, 0.717) is 27.3 Å². The maximum atomic E-state index is 12.8. The van der Waals surface area contributed by atoms with Crippen molar-refractivity contribution in [2.45, 2.75) is 46.3 Å². The Labute approximate surface area is 178 Å². The van der Waals surface area contributed by atoms with Crippen LogP contribution in [0.5, 0.6) is 0 Å². The first-order valence-corrected chi connectivity index (χ1v) is 10.7. The first-order chi connectivity index (χ1) is 14.5. The molecule has 0 atom stereocenters. The quantitative estimate of drug-likeness (QED) is 0.380. The Kier molecular flexibility index (Phi) is 7.35. The topological polar surface area (TPSA) is 87.5 Å². The zero-order valence-electron chi connectivity index (χ0n) is 17.1. The molecule has 2 aromatic heterocycles. The van der Waals surface area contributed by atoms with Gasteiger partial charge < -0.3 is 9.47 Å². The van der Waals surface area contributed by atoms with Crippen LogP contribution in [-0.4, -0.2) is 28.1 Å². The molecule has 0 amide bonds. The summed E-state index contributed by atoms with van der Waals surface area (Å²) in [5.41, 5.74) is 1.01. The molecule has 7 nitrogen and oxygen atoms in total. The van der Waals surface area contributed by atoms with Crippen LogP contribution in [0.4, 0.5) is 0 Å². The van der Waals surface area contributed by atoms with Gasteiger partial charge in [0.1, 0.15) is 22.9 Å². The molecule has 3 rings (SSSR count). The van der Waals surface area contributed by atoms with Crippen LogP contribution in [0.25, 0.3) is 10.2 Å². The largest absolute Gasteiger partial charge is 0.464 e. The molecule has 0 saturated heterocycles. The number of benzene rings is 1. The van der Waals surface area contributed by atoms with Crippen LogP contribution in [0.3, 0.4) is 0 Å². The van der Waals surface area contributed by atoms with Gasteiger partial charge in [0.05, 0.1) is 18.3 Å². The van der Waals surface area contributed by atoms with Gasteiger partial charge in [-0.3, -0.25) is 14.2 Å². The fourth-order valence-electron chi connectivity index (χ4n) is 2.98. The molecule has 0 spiro atoms. The second kappa shape index (κ2) is 10.2. The van der Waals surface area contributed by atoms with E-state index in [2.05, 4.69) is 11.9 Å². The van der Waals surface area contributed by atoms with Crippen molar-refractivity contribution in [3.63, 3.8) is 0 Å². The number of hydrogen-bond acceptors (Lipinski definition) is 7. The van der Waals surface area contributed by atoms with Gasteiger partial charge in [0.25, 0.3) is 5.56 Å². The van der Waals surface area contributed by atoms with Crippen LogP contribution >= 0.6 is 11.3 Å². The maximum Gasteiger partial charge on any atom is 0.349 e. The lowest BCUT2D eigenvalue weighted by Gasteiger charge is -2.06. The number of aryl methyl sites for hydroxylation is 1. The van der Waals surface area contributed by atoms with E-state index in [4.69, 9.17) is 9.47 Å². The average molecular weight is 429 g/mol. The molecule has 0 aliphatic rings. The van der Waals surface area contributed by atoms with Crippen LogP contribution in [0, 0.1) is 6.92 Å². The summed E-state index contributed by atoms with van der Waals surface area (Å²) in [6.07, 6.45) is 4.13. The van der Waals surface area contributed by atoms with Gasteiger partial charge in [0.15, 0.2) is 0 Å². The molecule has 1 aromatic carbocycles. The summed E-state index contributed by atoms with van der Waals surface area (Å²) in [4.78, 5) is 42.4. The SMILES string of the molecule is CCCCCOC(=O)Cn1cnc2sc(C(=O)OCc3ccccc3)c(C)c2c1=O. The first kappa shape index (κ1) is 21.7. The Morgan fingerprint density at radius 3 is 2.63 bits per heavy atom. The van der Waals surface area contributed by atoms with Crippen LogP contribution in [0.15, 0.2) is 41.5 Å². The highest BCUT2D eigenvalue weighted by Gasteiger charge is 2.21. The fourth-order valence-corrected chi connectivity index (χ4v) is 4.01. The molecule has 158 valence electrons. The Bertz CT molecular complexity index is 1090. The van der Waals surface area contributed by atoms with E-state index in [1.807, 2.05) is 30.3 Å². The minimum absolute atomic E-state index is 0.148. The molecule has 0 radical (unpaired) electrons. The molecular weight excluding hydrogens is 404 g/mol. The van der Waals surface area contributed by atoms with E-state index >= 15 is 0 Å². The van der Waals surface area contributed by atoms with Crippen molar-refractivity contribution in [2.24, 2.45) is 0 Å². The minimum Gasteiger partial charge on any atom is -0.464 e. The predicted octanol–water partition coefficient (Wildman–Crippen LogP) is 3.86. The van der Waals surface area contributed by atoms with Crippen molar-refractivity contribution in [3.8, 4) is 0 Å². The monoisotopic (exact) mass is 428 g/mol. The van der Waals surface area contributed by atoms with E-state index in [9.17, 15) is 14.4 Å². The Morgan fingerprint density at radius 2 is 1.90 bits per heavy atom. The van der Waals surface area contributed by atoms with Crippen LogP contribution in [-0.2, 0) is 27.4 Å². The van der Waals surface area contributed by atoms with E-state index in [-0.39, 0.29) is 18.7 Å². The number of esters is 2. The second-order valence-electron chi connectivity index (χ2n) is 6.90. The van der Waals surface area contributed by atoms with Gasteiger partial charge >= 0.3 is 11.9 Å². The van der Waals surface area contributed by atoms with Gasteiger partial charge in [0.2, 0.25) is 0 Å². The molecule has 2 heterocycles. The number of rotatable bonds is 9. The molecular formula is C22H24N2O5S. The molecule has 0 saturated carbocycles. The lowest BCUT2D eigenvalue weighted by Crippen LogP contribution is -2.26. The van der Waals surface area contributed by atoms with Crippen molar-refractivity contribution in [1.29, 1.82) is 0 Å². The summed E-state index contributed by atoms with van der Waals surface area (Å²) >= 11 is 1.11. The molecule has 0 aliphatic heterocycles. The molecule has 0 fully saturated rings. The Hall–Kier alpha value is -3.00. The Morgan fingerprint density at radius 1 is 1.13 bits per heavy atom. The first-order valence-electron chi connectivity index (χ1n) is 9.86. The van der Waals surface area contributed by atoms with Gasteiger partial charge in [0, 0.05) is 0 Å². The third-order valence-electron chi connectivity index (χ3n) is 4.63. The average Bonchev–Trinajstić information content (AvgIpc) is 3.09. The highest BCUT2D eigenvalue weighted by atomic mass is 32.1. The maximum absolute atomic E-state index is 12.8. The summed E-state index contributed by atoms with van der Waals surface area (Å²) in [7, 11) is 0. The highest BCUT2D eigenvalue weighted by Crippen LogP contribution is 2.27. The number of carbonyl (C=O) groups is 2. The van der Waals surface area contributed by atoms with Crippen molar-refractivity contribution in [2.75, 3.05) is 6.61 Å². The van der Waals surface area contributed by atoms with E-state index in [1.165, 1.54) is 10.9 Å². The Balaban J connectivity index is 1.74. The summed E-state index contributed by atoms with van der Waals surface area (Å²) < 4.78 is 11.8. The van der Waals surface area contributed by atoms with Gasteiger partial charge in [-0.1, -0.05) is 50.1 Å². The number of hydrogen-bond donors (Lipinski definition) is 0. The van der Waals surface area contributed by atoms with Crippen molar-refractivity contribution < 1.29 is 19.1 Å². The number of unbranched alkanes of at least 4 members (excludes halogenated alkanes) is 2. The lowest BCUT2D eigenvalue weighted by atomic mass is 10.2. The minimum atomic E-state index is -0.499. The fraction of sp³-hybridized carbons (Fsp3) is 0.364. The molecule has 30 heavy (non-hydrogen) atoms. The summed E-state index contributed by atoms with van der Waals surface area (Å²) in [6, 6.07) is 9.36. The predicted molar refractivity (Wildman–Crippen MR) is 115 cm³/mol. The lowest BCUT2D eigenvalue weighted by molar-refractivity contribution is -0.144. The zero-order chi connectivity index (χ0) is 21.5. The number of thiophene rings is 1. The normalized spacial score (nSPS) is 10.9. The van der Waals surface area contributed by atoms with Crippen LogP contribution < -0.4 is 5.56 Å². The molecule has 8 heteroatoms. The molecule has 0 unspecified atom stereocenters. The van der Waals surface area contributed by atoms with Crippen LogP contribution in [0.2, 0.25) is 0 Å². The van der Waals surface area contributed by atoms with Crippen molar-refractivity contribution in [1.82, 2.24) is 9.55 Å². The number of ether oxygens (including phenoxy) is 2. The third kappa shape index (κ3) is 5.13. The van der Waals surface area contributed by atoms with E-state index in [1.54, 1.807) is 6.92 Å². The van der Waals surface area contributed by atoms with Gasteiger partial charge in [-0.15, -0.1) is 11.3 Å². The number of carbonyl (C=O) groups excluding carboxylic acids is 2. The van der Waals surface area contributed by atoms with Gasteiger partial charge in [-0.25, -0.2) is 9.78 Å². The summed E-state index contributed by atoms with van der Waals surface area (Å²) in [5, 5.41) is 0.327. The van der Waals surface area contributed by atoms with Crippen molar-refractivity contribution in [3.05, 3.63) is 63.0 Å². The molecule has 0 aliphatic carbocycles. The summed E-state index contributed by atoms with van der Waals surface area (Å²) in [6.45, 7) is 4.03. The van der Waals surface area contributed by atoms with Crippen LogP contribution in [0.1, 0.15) is 47.0 Å². The van der Waals surface area contributed by atoms with Crippen molar-refractivity contribution >= 4 is 33.5 Å². The number of fused-ring (bicyclic) bond motifs is 1. The van der Waals surface area contributed by atoms with E-state index in [0.717, 1.165) is 36.2 Å². The molecule has 3 aromatic rings. The molecule has 0 bridgehead atoms. The highest BCUT2D eigenvalue weighted by molar-refractivity contribution is 7.20. The summed E-state index contributed by atoms with van der Waals surface area (Å²) in [5.74, 6) is -0.981. The zero-order valence-corrected chi connectivity index (χ0v) is 17.9.